The summed E-state index contributed by atoms with van der Waals surface area (Å²) in [7, 11) is -27.8. The molecule has 0 heterocycles. The number of hydrogen-bond acceptors (Lipinski definition) is 25. The number of carboxylic acid groups (broad SMARTS) is 1. The van der Waals surface area contributed by atoms with Gasteiger partial charge in [-0.2, -0.15) is 47.2 Å². The first-order valence-electron chi connectivity index (χ1n) is 21.2. The van der Waals surface area contributed by atoms with E-state index < -0.39 is 165 Å². The fourth-order valence-corrected chi connectivity index (χ4v) is 11.3. The van der Waals surface area contributed by atoms with E-state index in [-0.39, 0.29) is 45.5 Å². The SMILES string of the molecule is Nc1c(N=Nc2ccc3c(O)c(N=Nc4cccc(Cl)c4)c(S(=O)(=O)O)cc3c2S(=O)(=O)O)cc(S(=O)(=O)O)c2cc(S(=O)(=O)O)c(N=Nc3cc4c(O)c(N=Nc5cc(OC=O)ccc5C(=O)O)ccc4cc3S(=O)(=O)O)c(O)c12. The summed E-state index contributed by atoms with van der Waals surface area (Å²) in [6.07, 6.45) is 0. The molecule has 0 unspecified atom stereocenters. The highest BCUT2D eigenvalue weighted by Gasteiger charge is 2.31. The lowest BCUT2D eigenvalue weighted by molar-refractivity contribution is -0.120. The smallest absolute Gasteiger partial charge is 0.337 e. The number of anilines is 1. The summed E-state index contributed by atoms with van der Waals surface area (Å²) < 4.78 is 184. The zero-order valence-electron chi connectivity index (χ0n) is 39.2. The molecule has 0 radical (unpaired) electrons. The van der Waals surface area contributed by atoms with Crippen LogP contribution in [-0.4, -0.2) is 97.7 Å². The molecule has 0 saturated heterocycles. The maximum atomic E-state index is 13.0. The Bertz CT molecular complexity index is 4830. The molecule has 8 aromatic rings. The zero-order valence-corrected chi connectivity index (χ0v) is 44.1. The topological polar surface area (TPSA) is 521 Å². The van der Waals surface area contributed by atoms with Gasteiger partial charge < -0.3 is 30.9 Å². The molecule has 0 saturated carbocycles. The minimum Gasteiger partial charge on any atom is -0.505 e. The molecule has 0 aliphatic carbocycles. The summed E-state index contributed by atoms with van der Waals surface area (Å²) in [5.74, 6) is -5.16. The summed E-state index contributed by atoms with van der Waals surface area (Å²) >= 11 is 5.95. The summed E-state index contributed by atoms with van der Waals surface area (Å²) in [6, 6.07) is 15.0. The fourth-order valence-electron chi connectivity index (χ4n) is 7.67. The zero-order chi connectivity index (χ0) is 59.5. The van der Waals surface area contributed by atoms with Gasteiger partial charge in [0.1, 0.15) is 70.0 Å². The van der Waals surface area contributed by atoms with Gasteiger partial charge in [-0.1, -0.05) is 23.7 Å². The number of aromatic hydroxyl groups is 3. The second kappa shape index (κ2) is 21.2. The highest BCUT2D eigenvalue weighted by atomic mass is 35.5. The van der Waals surface area contributed by atoms with E-state index in [1.807, 2.05) is 0 Å². The minimum atomic E-state index is -5.72. The number of carbonyl (C=O) groups excluding carboxylic acids is 1. The molecule has 11 N–H and O–H groups in total. The number of aromatic carboxylic acids is 1. The molecule has 0 atom stereocenters. The van der Waals surface area contributed by atoms with Crippen molar-refractivity contribution in [3.8, 4) is 23.0 Å². The molecular weight excluding hydrogens is 1200 g/mol. The molecule has 31 nitrogen and oxygen atoms in total. The van der Waals surface area contributed by atoms with Crippen LogP contribution in [0.5, 0.6) is 23.0 Å². The summed E-state index contributed by atoms with van der Waals surface area (Å²) in [5.41, 5.74) is -1.10. The lowest BCUT2D eigenvalue weighted by Crippen LogP contribution is -2.04. The van der Waals surface area contributed by atoms with Gasteiger partial charge >= 0.3 is 5.97 Å². The number of carboxylic acids is 1. The first kappa shape index (κ1) is 58.1. The van der Waals surface area contributed by atoms with E-state index in [1.54, 1.807) is 0 Å². The summed E-state index contributed by atoms with van der Waals surface area (Å²) in [4.78, 5) is 16.1. The lowest BCUT2D eigenvalue weighted by atomic mass is 10.0. The first-order chi connectivity index (χ1) is 37.7. The van der Waals surface area contributed by atoms with E-state index in [1.165, 1.54) is 24.3 Å². The molecule has 81 heavy (non-hydrogen) atoms. The number of halogens is 1. The van der Waals surface area contributed by atoms with Crippen molar-refractivity contribution < 1.29 is 99.6 Å². The quantitative estimate of drug-likeness (QED) is 0.0186. The minimum absolute atomic E-state index is 0.0149. The Labute approximate surface area is 457 Å². The molecule has 0 aromatic heterocycles. The Morgan fingerprint density at radius 2 is 1.06 bits per heavy atom. The average Bonchev–Trinajstić information content (AvgIpc) is 3.56. The second-order valence-corrected chi connectivity index (χ2v) is 23.6. The second-order valence-electron chi connectivity index (χ2n) is 16.2. The molecule has 37 heteroatoms. The maximum Gasteiger partial charge on any atom is 0.337 e. The van der Waals surface area contributed by atoms with Crippen LogP contribution in [0.2, 0.25) is 5.02 Å². The van der Waals surface area contributed by atoms with Crippen molar-refractivity contribution in [1.29, 1.82) is 0 Å². The molecule has 0 bridgehead atoms. The van der Waals surface area contributed by atoms with Gasteiger partial charge in [-0.25, -0.2) is 4.79 Å². The Hall–Kier alpha value is -9.08. The Morgan fingerprint density at radius 3 is 1.67 bits per heavy atom. The van der Waals surface area contributed by atoms with Crippen molar-refractivity contribution in [1.82, 2.24) is 0 Å². The predicted molar refractivity (Wildman–Crippen MR) is 279 cm³/mol. The van der Waals surface area contributed by atoms with E-state index in [0.29, 0.717) is 18.2 Å². The van der Waals surface area contributed by atoms with Crippen molar-refractivity contribution in [3.63, 3.8) is 0 Å². The number of phenolic OH excluding ortho intramolecular Hbond substituents is 3. The number of ether oxygens (including phenoxy) is 1. The molecule has 418 valence electrons. The Balaban J connectivity index is 1.30. The van der Waals surface area contributed by atoms with Crippen molar-refractivity contribution in [2.45, 2.75) is 24.5 Å². The van der Waals surface area contributed by atoms with Crippen LogP contribution in [0.1, 0.15) is 10.4 Å². The number of phenols is 3. The molecule has 0 aliphatic rings. The van der Waals surface area contributed by atoms with Crippen molar-refractivity contribution in [3.05, 3.63) is 108 Å². The van der Waals surface area contributed by atoms with Gasteiger partial charge in [0.25, 0.3) is 57.1 Å². The molecule has 0 aliphatic heterocycles. The molecule has 0 fully saturated rings. The van der Waals surface area contributed by atoms with Crippen LogP contribution in [0.4, 0.5) is 51.2 Å². The number of rotatable bonds is 16. The lowest BCUT2D eigenvalue weighted by Gasteiger charge is -2.15. The van der Waals surface area contributed by atoms with Gasteiger partial charge in [-0.3, -0.25) is 27.6 Å². The van der Waals surface area contributed by atoms with Gasteiger partial charge in [-0.15, -0.1) is 35.8 Å². The van der Waals surface area contributed by atoms with Gasteiger partial charge in [0.05, 0.1) is 22.3 Å². The highest BCUT2D eigenvalue weighted by Crippen LogP contribution is 2.50. The van der Waals surface area contributed by atoms with Gasteiger partial charge in [0.15, 0.2) is 17.2 Å². The molecule has 8 rings (SSSR count). The number of benzene rings is 8. The van der Waals surface area contributed by atoms with Crippen LogP contribution in [0.25, 0.3) is 32.3 Å². The molecule has 8 aromatic carbocycles. The standard InChI is InChI=1S/C44H28ClN9O22S5/c45-19-2-1-3-20(11-19)47-53-38-34(79(67,68)69)14-25-22(41(38)57)7-9-28(43(25)81(73,74)75)49-52-31-16-32(77(61,62)63)26-15-35(80(70,71)72)39(42(58)36(26)37(31)46)54-51-30-13-24-18(10-33(30)78(64,65)66)4-8-27(40(24)56)48-50-29-12-21(76-17-55)5-6-23(29)44(59)60/h1-17,56-58H,46H2,(H,59,60)(H,61,62,63)(H,64,65,66)(H,67,68,69)(H,70,71,72)(H,73,74,75). The number of azo groups is 4. The third-order valence-corrected chi connectivity index (χ3v) is 15.8. The third kappa shape index (κ3) is 11.8. The largest absolute Gasteiger partial charge is 0.505 e. The molecular formula is C44H28ClN9O22S5. The van der Waals surface area contributed by atoms with Gasteiger partial charge in [0.2, 0.25) is 0 Å². The fraction of sp³-hybridized carbons (Fsp3) is 0. The highest BCUT2D eigenvalue weighted by molar-refractivity contribution is 7.87. The molecule has 0 amide bonds. The molecule has 0 spiro atoms. The Morgan fingerprint density at radius 1 is 0.494 bits per heavy atom. The van der Waals surface area contributed by atoms with Crippen molar-refractivity contribution >= 4 is 158 Å². The number of hydrogen-bond donors (Lipinski definition) is 10. The van der Waals surface area contributed by atoms with Crippen LogP contribution in [-0.2, 0) is 55.4 Å². The third-order valence-electron chi connectivity index (χ3n) is 11.1. The van der Waals surface area contributed by atoms with E-state index >= 15 is 0 Å². The number of nitrogens with zero attached hydrogens (tertiary/aromatic N) is 8. The van der Waals surface area contributed by atoms with Crippen LogP contribution in [0.15, 0.2) is 162 Å². The maximum absolute atomic E-state index is 13.0. The van der Waals surface area contributed by atoms with E-state index in [0.717, 1.165) is 48.5 Å². The summed E-state index contributed by atoms with van der Waals surface area (Å²) in [5, 5.41) is 69.6. The van der Waals surface area contributed by atoms with Crippen LogP contribution in [0.3, 0.4) is 0 Å². The van der Waals surface area contributed by atoms with E-state index in [2.05, 4.69) is 40.9 Å². The van der Waals surface area contributed by atoms with E-state index in [4.69, 9.17) is 22.1 Å². The van der Waals surface area contributed by atoms with Crippen molar-refractivity contribution in [2.75, 3.05) is 5.73 Å². The monoisotopic (exact) mass is 1230 g/mol. The van der Waals surface area contributed by atoms with Crippen LogP contribution >= 0.6 is 11.6 Å². The number of carbonyl (C=O) groups is 2. The van der Waals surface area contributed by atoms with Gasteiger partial charge in [-0.05, 0) is 84.2 Å². The number of nitrogen functional groups attached to an aromatic ring is 1. The Kier molecular flexibility index (Phi) is 15.2. The normalized spacial score (nSPS) is 13.0. The first-order valence-corrected chi connectivity index (χ1v) is 28.8. The van der Waals surface area contributed by atoms with E-state index in [9.17, 15) is 94.9 Å². The van der Waals surface area contributed by atoms with Crippen LogP contribution in [0, 0.1) is 0 Å². The average molecular weight is 1230 g/mol. The summed E-state index contributed by atoms with van der Waals surface area (Å²) in [6.45, 7) is 0.0389. The number of fused-ring (bicyclic) bond motifs is 3. The van der Waals surface area contributed by atoms with Crippen LogP contribution < -0.4 is 10.5 Å². The number of nitrogens with two attached hydrogens (primary N) is 1. The van der Waals surface area contributed by atoms with Crippen molar-refractivity contribution in [2.24, 2.45) is 40.9 Å². The van der Waals surface area contributed by atoms with Gasteiger partial charge in [0, 0.05) is 32.6 Å². The predicted octanol–water partition coefficient (Wildman–Crippen LogP) is 9.63.